The van der Waals surface area contributed by atoms with Crippen molar-refractivity contribution in [3.05, 3.63) is 48.3 Å². The van der Waals surface area contributed by atoms with Gasteiger partial charge in [0, 0.05) is 18.0 Å². The summed E-state index contributed by atoms with van der Waals surface area (Å²) in [7, 11) is 1.75. The summed E-state index contributed by atoms with van der Waals surface area (Å²) in [6.07, 6.45) is 2.18. The zero-order valence-electron chi connectivity index (χ0n) is 17.5. The standard InChI is InChI=1S/C21H26N4O4S/c1-15-6-8-16(9-7-15)30(26,27)24-21-17-12-19(28-4)20(13-18(17)22-14-23-21)29-11-5-10-25(2)3/h6-9,12-14H,5,10-11H2,1-4H3,(H,22,23,24). The lowest BCUT2D eigenvalue weighted by atomic mass is 10.2. The van der Waals surface area contributed by atoms with Crippen LogP contribution in [-0.4, -0.2) is 57.6 Å². The van der Waals surface area contributed by atoms with E-state index >= 15 is 0 Å². The number of nitrogens with one attached hydrogen (secondary N) is 1. The van der Waals surface area contributed by atoms with Crippen molar-refractivity contribution < 1.29 is 17.9 Å². The van der Waals surface area contributed by atoms with Crippen molar-refractivity contribution in [2.45, 2.75) is 18.2 Å². The Morgan fingerprint density at radius 1 is 1.07 bits per heavy atom. The van der Waals surface area contributed by atoms with E-state index in [1.54, 1.807) is 36.4 Å². The van der Waals surface area contributed by atoms with Crippen molar-refractivity contribution in [3.63, 3.8) is 0 Å². The van der Waals surface area contributed by atoms with Crippen LogP contribution in [0.5, 0.6) is 11.5 Å². The van der Waals surface area contributed by atoms with Gasteiger partial charge in [0.25, 0.3) is 10.0 Å². The molecule has 0 radical (unpaired) electrons. The summed E-state index contributed by atoms with van der Waals surface area (Å²) in [5.41, 5.74) is 1.53. The van der Waals surface area contributed by atoms with Crippen LogP contribution in [0.25, 0.3) is 10.9 Å². The van der Waals surface area contributed by atoms with E-state index in [4.69, 9.17) is 9.47 Å². The minimum atomic E-state index is -3.79. The van der Waals surface area contributed by atoms with Gasteiger partial charge in [-0.15, -0.1) is 0 Å². The first kappa shape index (κ1) is 21.8. The molecule has 0 aliphatic rings. The third kappa shape index (κ3) is 5.17. The number of hydrogen-bond acceptors (Lipinski definition) is 7. The number of hydrogen-bond donors (Lipinski definition) is 1. The third-order valence-corrected chi connectivity index (χ3v) is 5.85. The van der Waals surface area contributed by atoms with Crippen LogP contribution in [-0.2, 0) is 10.0 Å². The summed E-state index contributed by atoms with van der Waals surface area (Å²) in [6.45, 7) is 3.33. The summed E-state index contributed by atoms with van der Waals surface area (Å²) in [4.78, 5) is 10.6. The molecule has 1 N–H and O–H groups in total. The van der Waals surface area contributed by atoms with Crippen molar-refractivity contribution in [2.24, 2.45) is 0 Å². The molecule has 8 nitrogen and oxygen atoms in total. The molecule has 0 fully saturated rings. The Morgan fingerprint density at radius 2 is 1.80 bits per heavy atom. The van der Waals surface area contributed by atoms with Crippen molar-refractivity contribution in [1.29, 1.82) is 0 Å². The van der Waals surface area contributed by atoms with E-state index in [-0.39, 0.29) is 10.7 Å². The minimum absolute atomic E-state index is 0.160. The van der Waals surface area contributed by atoms with Crippen molar-refractivity contribution in [3.8, 4) is 11.5 Å². The number of anilines is 1. The van der Waals surface area contributed by atoms with E-state index in [1.165, 1.54) is 13.4 Å². The molecule has 2 aromatic carbocycles. The maximum atomic E-state index is 12.8. The topological polar surface area (TPSA) is 93.6 Å². The van der Waals surface area contributed by atoms with Crippen molar-refractivity contribution in [1.82, 2.24) is 14.9 Å². The van der Waals surface area contributed by atoms with Gasteiger partial charge in [-0.1, -0.05) is 17.7 Å². The van der Waals surface area contributed by atoms with Gasteiger partial charge in [-0.2, -0.15) is 0 Å². The molecule has 0 amide bonds. The zero-order valence-corrected chi connectivity index (χ0v) is 18.4. The van der Waals surface area contributed by atoms with Crippen LogP contribution in [0.15, 0.2) is 47.6 Å². The number of benzene rings is 2. The van der Waals surface area contributed by atoms with E-state index in [0.29, 0.717) is 29.0 Å². The second kappa shape index (κ2) is 9.27. The first-order chi connectivity index (χ1) is 14.3. The monoisotopic (exact) mass is 430 g/mol. The zero-order chi connectivity index (χ0) is 21.7. The largest absolute Gasteiger partial charge is 0.493 e. The van der Waals surface area contributed by atoms with E-state index in [2.05, 4.69) is 19.6 Å². The molecule has 0 unspecified atom stereocenters. The van der Waals surface area contributed by atoms with Crippen LogP contribution in [0, 0.1) is 6.92 Å². The number of aryl methyl sites for hydroxylation is 1. The summed E-state index contributed by atoms with van der Waals surface area (Å²) in [5.74, 6) is 1.21. The molecule has 0 atom stereocenters. The van der Waals surface area contributed by atoms with E-state index < -0.39 is 10.0 Å². The summed E-state index contributed by atoms with van der Waals surface area (Å²) in [6, 6.07) is 10.0. The summed E-state index contributed by atoms with van der Waals surface area (Å²) >= 11 is 0. The Balaban J connectivity index is 1.90. The number of nitrogens with zero attached hydrogens (tertiary/aromatic N) is 3. The number of rotatable bonds is 9. The quantitative estimate of drug-likeness (QED) is 0.521. The van der Waals surface area contributed by atoms with Crippen molar-refractivity contribution in [2.75, 3.05) is 39.1 Å². The Labute approximate surface area is 176 Å². The molecule has 0 saturated carbocycles. The Bertz CT molecular complexity index is 1120. The lowest BCUT2D eigenvalue weighted by Crippen LogP contribution is -2.15. The number of ether oxygens (including phenoxy) is 2. The molecule has 30 heavy (non-hydrogen) atoms. The molecule has 0 bridgehead atoms. The van der Waals surface area contributed by atoms with Crippen LogP contribution < -0.4 is 14.2 Å². The second-order valence-corrected chi connectivity index (χ2v) is 8.85. The molecule has 0 aliphatic heterocycles. The molecule has 3 aromatic rings. The number of aromatic nitrogens is 2. The van der Waals surface area contributed by atoms with Gasteiger partial charge >= 0.3 is 0 Å². The molecular formula is C21H26N4O4S. The predicted octanol–water partition coefficient (Wildman–Crippen LogP) is 3.08. The first-order valence-electron chi connectivity index (χ1n) is 9.50. The van der Waals surface area contributed by atoms with E-state index in [0.717, 1.165) is 18.5 Å². The van der Waals surface area contributed by atoms with E-state index in [1.807, 2.05) is 21.0 Å². The molecule has 1 aromatic heterocycles. The van der Waals surface area contributed by atoms with Gasteiger partial charge in [0.15, 0.2) is 17.3 Å². The van der Waals surface area contributed by atoms with Crippen molar-refractivity contribution >= 4 is 26.7 Å². The van der Waals surface area contributed by atoms with Crippen LogP contribution in [0.2, 0.25) is 0 Å². The van der Waals surface area contributed by atoms with Crippen LogP contribution in [0.1, 0.15) is 12.0 Å². The maximum Gasteiger partial charge on any atom is 0.263 e. The second-order valence-electron chi connectivity index (χ2n) is 7.17. The Morgan fingerprint density at radius 3 is 2.47 bits per heavy atom. The number of methoxy groups -OCH3 is 1. The SMILES string of the molecule is COc1cc2c(NS(=O)(=O)c3ccc(C)cc3)ncnc2cc1OCCCN(C)C. The lowest BCUT2D eigenvalue weighted by Gasteiger charge is -2.15. The van der Waals surface area contributed by atoms with Gasteiger partial charge in [0.05, 0.1) is 24.1 Å². The highest BCUT2D eigenvalue weighted by Crippen LogP contribution is 2.34. The van der Waals surface area contributed by atoms with Crippen LogP contribution in [0.3, 0.4) is 0 Å². The predicted molar refractivity (Wildman–Crippen MR) is 117 cm³/mol. The molecule has 1 heterocycles. The fourth-order valence-electron chi connectivity index (χ4n) is 2.88. The highest BCUT2D eigenvalue weighted by Gasteiger charge is 2.18. The fourth-order valence-corrected chi connectivity index (χ4v) is 3.91. The Kier molecular flexibility index (Phi) is 6.73. The van der Waals surface area contributed by atoms with Crippen LogP contribution >= 0.6 is 0 Å². The molecule has 160 valence electrons. The first-order valence-corrected chi connectivity index (χ1v) is 11.0. The van der Waals surface area contributed by atoms with Crippen LogP contribution in [0.4, 0.5) is 5.82 Å². The lowest BCUT2D eigenvalue weighted by molar-refractivity contribution is 0.268. The molecule has 0 saturated heterocycles. The minimum Gasteiger partial charge on any atom is -0.493 e. The maximum absolute atomic E-state index is 12.8. The molecule has 3 rings (SSSR count). The normalized spacial score (nSPS) is 11.6. The average Bonchev–Trinajstić information content (AvgIpc) is 2.71. The van der Waals surface area contributed by atoms with Gasteiger partial charge in [0.2, 0.25) is 0 Å². The third-order valence-electron chi connectivity index (χ3n) is 4.49. The van der Waals surface area contributed by atoms with Gasteiger partial charge in [-0.25, -0.2) is 18.4 Å². The highest BCUT2D eigenvalue weighted by molar-refractivity contribution is 7.92. The van der Waals surface area contributed by atoms with E-state index in [9.17, 15) is 8.42 Å². The molecule has 9 heteroatoms. The molecular weight excluding hydrogens is 404 g/mol. The molecule has 0 spiro atoms. The Hall–Kier alpha value is -2.91. The average molecular weight is 431 g/mol. The van der Waals surface area contributed by atoms with Gasteiger partial charge in [-0.05, 0) is 45.6 Å². The fraction of sp³-hybridized carbons (Fsp3) is 0.333. The van der Waals surface area contributed by atoms with Gasteiger partial charge in [0.1, 0.15) is 6.33 Å². The molecule has 0 aliphatic carbocycles. The van der Waals surface area contributed by atoms with Gasteiger partial charge in [-0.3, -0.25) is 4.72 Å². The van der Waals surface area contributed by atoms with Gasteiger partial charge < -0.3 is 14.4 Å². The number of sulfonamides is 1. The highest BCUT2D eigenvalue weighted by atomic mass is 32.2. The summed E-state index contributed by atoms with van der Waals surface area (Å²) in [5, 5.41) is 0.519. The number of fused-ring (bicyclic) bond motifs is 1. The summed E-state index contributed by atoms with van der Waals surface area (Å²) < 4.78 is 39.4. The smallest absolute Gasteiger partial charge is 0.263 e.